The van der Waals surface area contributed by atoms with Gasteiger partial charge >= 0.3 is 6.03 Å². The number of hydrogen-bond donors (Lipinski definition) is 2. The molecule has 2 atom stereocenters. The molecule has 0 unspecified atom stereocenters. The Hall–Kier alpha value is -3.34. The Bertz CT molecular complexity index is 1030. The van der Waals surface area contributed by atoms with Gasteiger partial charge in [-0.1, -0.05) is 60.7 Å². The summed E-state index contributed by atoms with van der Waals surface area (Å²) in [5.74, 6) is -0.189. The number of benzene rings is 3. The Balaban J connectivity index is 1.40. The van der Waals surface area contributed by atoms with Gasteiger partial charge in [-0.2, -0.15) is 0 Å². The third-order valence-corrected chi connectivity index (χ3v) is 5.75. The summed E-state index contributed by atoms with van der Waals surface area (Å²) in [5, 5.41) is 8.40. The van der Waals surface area contributed by atoms with Gasteiger partial charge in [0, 0.05) is 18.8 Å². The summed E-state index contributed by atoms with van der Waals surface area (Å²) < 4.78 is 0. The highest BCUT2D eigenvalue weighted by molar-refractivity contribution is 5.90. The summed E-state index contributed by atoms with van der Waals surface area (Å²) in [6.07, 6.45) is 1.62. The topological polar surface area (TPSA) is 61.4 Å². The maximum absolute atomic E-state index is 13.0. The lowest BCUT2D eigenvalue weighted by Crippen LogP contribution is -2.47. The summed E-state index contributed by atoms with van der Waals surface area (Å²) in [4.78, 5) is 27.3. The van der Waals surface area contributed by atoms with Crippen LogP contribution >= 0.6 is 0 Å². The first-order valence-electron chi connectivity index (χ1n) is 10.5. The molecule has 3 amide bonds. The van der Waals surface area contributed by atoms with Crippen LogP contribution in [0.2, 0.25) is 0 Å². The molecule has 30 heavy (non-hydrogen) atoms. The van der Waals surface area contributed by atoms with Crippen LogP contribution in [0.25, 0.3) is 10.8 Å². The zero-order chi connectivity index (χ0) is 20.9. The molecular formula is C25H27N3O2. The fraction of sp³-hybridized carbons (Fsp3) is 0.280. The van der Waals surface area contributed by atoms with Gasteiger partial charge in [-0.25, -0.2) is 4.79 Å². The molecule has 5 nitrogen and oxygen atoms in total. The minimum absolute atomic E-state index is 0.00708. The van der Waals surface area contributed by atoms with E-state index in [4.69, 9.17) is 0 Å². The van der Waals surface area contributed by atoms with Crippen LogP contribution in [-0.4, -0.2) is 29.9 Å². The van der Waals surface area contributed by atoms with E-state index in [0.29, 0.717) is 13.1 Å². The van der Waals surface area contributed by atoms with Crippen LogP contribution < -0.4 is 10.6 Å². The third-order valence-electron chi connectivity index (χ3n) is 5.75. The minimum Gasteiger partial charge on any atom is -0.349 e. The fourth-order valence-corrected chi connectivity index (χ4v) is 4.14. The van der Waals surface area contributed by atoms with Crippen molar-refractivity contribution >= 4 is 28.4 Å². The molecule has 0 spiro atoms. The summed E-state index contributed by atoms with van der Waals surface area (Å²) in [5.41, 5.74) is 1.87. The Labute approximate surface area is 177 Å². The molecule has 0 aromatic heterocycles. The Morgan fingerprint density at radius 2 is 1.70 bits per heavy atom. The second kappa shape index (κ2) is 8.99. The van der Waals surface area contributed by atoms with Crippen LogP contribution in [0.3, 0.4) is 0 Å². The zero-order valence-electron chi connectivity index (χ0n) is 17.2. The highest BCUT2D eigenvalue weighted by atomic mass is 16.2. The summed E-state index contributed by atoms with van der Waals surface area (Å²) >= 11 is 0. The van der Waals surface area contributed by atoms with E-state index < -0.39 is 0 Å². The summed E-state index contributed by atoms with van der Waals surface area (Å²) in [7, 11) is 0. The number of carbonyl (C=O) groups excluding carboxylic acids is 2. The molecule has 1 aliphatic heterocycles. The molecule has 1 aliphatic rings. The predicted molar refractivity (Wildman–Crippen MR) is 120 cm³/mol. The van der Waals surface area contributed by atoms with Crippen LogP contribution in [0.4, 0.5) is 10.5 Å². The SMILES string of the molecule is C[C@H](NC(=O)[C@H]1CCCN(C(=O)Nc2ccccc2)C1)c1cccc2ccccc12. The van der Waals surface area contributed by atoms with Crippen LogP contribution in [0, 0.1) is 5.92 Å². The molecular weight excluding hydrogens is 374 g/mol. The number of likely N-dealkylation sites (tertiary alicyclic amines) is 1. The van der Waals surface area contributed by atoms with Gasteiger partial charge in [0.2, 0.25) is 5.91 Å². The first-order valence-corrected chi connectivity index (χ1v) is 10.5. The van der Waals surface area contributed by atoms with Gasteiger partial charge < -0.3 is 15.5 Å². The molecule has 5 heteroatoms. The molecule has 3 aromatic rings. The van der Waals surface area contributed by atoms with Crippen molar-refractivity contribution in [3.05, 3.63) is 78.4 Å². The highest BCUT2D eigenvalue weighted by Crippen LogP contribution is 2.25. The maximum Gasteiger partial charge on any atom is 0.321 e. The van der Waals surface area contributed by atoms with Crippen molar-refractivity contribution in [3.8, 4) is 0 Å². The van der Waals surface area contributed by atoms with E-state index in [0.717, 1.165) is 34.9 Å². The van der Waals surface area contributed by atoms with Crippen molar-refractivity contribution in [1.82, 2.24) is 10.2 Å². The molecule has 0 radical (unpaired) electrons. The van der Waals surface area contributed by atoms with Gasteiger partial charge in [0.25, 0.3) is 0 Å². The lowest BCUT2D eigenvalue weighted by atomic mass is 9.95. The fourth-order valence-electron chi connectivity index (χ4n) is 4.14. The number of rotatable bonds is 4. The smallest absolute Gasteiger partial charge is 0.321 e. The number of fused-ring (bicyclic) bond motifs is 1. The van der Waals surface area contributed by atoms with Gasteiger partial charge in [-0.3, -0.25) is 4.79 Å². The molecule has 0 saturated carbocycles. The molecule has 0 aliphatic carbocycles. The van der Waals surface area contributed by atoms with Crippen LogP contribution in [0.5, 0.6) is 0 Å². The Kier molecular flexibility index (Phi) is 5.98. The van der Waals surface area contributed by atoms with Crippen LogP contribution in [0.15, 0.2) is 72.8 Å². The van der Waals surface area contributed by atoms with Crippen molar-refractivity contribution in [2.45, 2.75) is 25.8 Å². The predicted octanol–water partition coefficient (Wildman–Crippen LogP) is 4.96. The number of anilines is 1. The first-order chi connectivity index (χ1) is 14.6. The number of carbonyl (C=O) groups is 2. The maximum atomic E-state index is 13.0. The largest absolute Gasteiger partial charge is 0.349 e. The van der Waals surface area contributed by atoms with Gasteiger partial charge in [-0.15, -0.1) is 0 Å². The molecule has 1 fully saturated rings. The van der Waals surface area contributed by atoms with E-state index in [1.54, 1.807) is 4.90 Å². The van der Waals surface area contributed by atoms with Crippen molar-refractivity contribution in [2.75, 3.05) is 18.4 Å². The number of urea groups is 1. The number of nitrogens with one attached hydrogen (secondary N) is 2. The quantitative estimate of drug-likeness (QED) is 0.649. The second-order valence-corrected chi connectivity index (χ2v) is 7.88. The molecule has 1 heterocycles. The number of piperidine rings is 1. The molecule has 3 aromatic carbocycles. The van der Waals surface area contributed by atoms with Crippen molar-refractivity contribution in [1.29, 1.82) is 0 Å². The monoisotopic (exact) mass is 401 g/mol. The molecule has 0 bridgehead atoms. The summed E-state index contributed by atoms with van der Waals surface area (Å²) in [6, 6.07) is 23.5. The van der Waals surface area contributed by atoms with E-state index in [2.05, 4.69) is 34.9 Å². The molecule has 4 rings (SSSR count). The van der Waals surface area contributed by atoms with Gasteiger partial charge in [-0.05, 0) is 48.2 Å². The lowest BCUT2D eigenvalue weighted by Gasteiger charge is -2.32. The van der Waals surface area contributed by atoms with E-state index in [-0.39, 0.29) is 23.9 Å². The van der Waals surface area contributed by atoms with Gasteiger partial charge in [0.1, 0.15) is 0 Å². The van der Waals surface area contributed by atoms with Crippen molar-refractivity contribution < 1.29 is 9.59 Å². The summed E-state index contributed by atoms with van der Waals surface area (Å²) in [6.45, 7) is 3.12. The number of nitrogens with zero attached hydrogens (tertiary/aromatic N) is 1. The molecule has 2 N–H and O–H groups in total. The third kappa shape index (κ3) is 4.46. The van der Waals surface area contributed by atoms with Gasteiger partial charge in [0.05, 0.1) is 12.0 Å². The number of hydrogen-bond acceptors (Lipinski definition) is 2. The molecule has 154 valence electrons. The van der Waals surface area contributed by atoms with E-state index >= 15 is 0 Å². The van der Waals surface area contributed by atoms with Crippen molar-refractivity contribution in [3.63, 3.8) is 0 Å². The normalized spacial score (nSPS) is 17.4. The highest BCUT2D eigenvalue weighted by Gasteiger charge is 2.29. The van der Waals surface area contributed by atoms with E-state index in [1.807, 2.05) is 55.5 Å². The average Bonchev–Trinajstić information content (AvgIpc) is 2.79. The van der Waals surface area contributed by atoms with Crippen LogP contribution in [-0.2, 0) is 4.79 Å². The van der Waals surface area contributed by atoms with Crippen molar-refractivity contribution in [2.24, 2.45) is 5.92 Å². The minimum atomic E-state index is -0.197. The Morgan fingerprint density at radius 3 is 2.53 bits per heavy atom. The number of para-hydroxylation sites is 1. The average molecular weight is 402 g/mol. The Morgan fingerprint density at radius 1 is 0.967 bits per heavy atom. The standard InChI is InChI=1S/C25H27N3O2/c1-18(22-15-7-10-19-9-5-6-14-23(19)22)26-24(29)20-11-8-16-28(17-20)25(30)27-21-12-3-2-4-13-21/h2-7,9-10,12-15,18,20H,8,11,16-17H2,1H3,(H,26,29)(H,27,30)/t18-,20-/m0/s1. The van der Waals surface area contributed by atoms with E-state index in [1.165, 1.54) is 0 Å². The van der Waals surface area contributed by atoms with Crippen LogP contribution in [0.1, 0.15) is 31.4 Å². The van der Waals surface area contributed by atoms with E-state index in [9.17, 15) is 9.59 Å². The lowest BCUT2D eigenvalue weighted by molar-refractivity contribution is -0.126. The zero-order valence-corrected chi connectivity index (χ0v) is 17.2. The molecule has 1 saturated heterocycles. The first kappa shape index (κ1) is 20.0. The second-order valence-electron chi connectivity index (χ2n) is 7.88. The number of amides is 3. The van der Waals surface area contributed by atoms with Gasteiger partial charge in [0.15, 0.2) is 0 Å².